The van der Waals surface area contributed by atoms with Gasteiger partial charge in [-0.2, -0.15) is 0 Å². The number of nitrogens with zero attached hydrogens (tertiary/aromatic N) is 3. The van der Waals surface area contributed by atoms with Gasteiger partial charge < -0.3 is 15.4 Å². The molecule has 9 heteroatoms. The first-order chi connectivity index (χ1) is 14.1. The van der Waals surface area contributed by atoms with Crippen molar-refractivity contribution >= 4 is 17.6 Å². The van der Waals surface area contributed by atoms with Crippen molar-refractivity contribution in [3.05, 3.63) is 59.2 Å². The number of amides is 1. The third-order valence-corrected chi connectivity index (χ3v) is 5.00. The molecule has 1 aliphatic carbocycles. The van der Waals surface area contributed by atoms with Crippen LogP contribution in [0.25, 0.3) is 5.70 Å². The number of ether oxygens (including phenoxy) is 1. The number of nitrogens with one attached hydrogen (secondary N) is 1. The van der Waals surface area contributed by atoms with E-state index in [-0.39, 0.29) is 30.2 Å². The Balaban J connectivity index is 1.49. The minimum Gasteiger partial charge on any atom is -0.378 e. The fourth-order valence-electron chi connectivity index (χ4n) is 3.46. The molecule has 2 aromatic rings. The molecule has 1 aliphatic heterocycles. The number of carbonyl (C=O) groups excluding carboxylic acids is 1. The molecule has 1 unspecified atom stereocenters. The number of halogens is 1. The Kier molecular flexibility index (Phi) is 5.68. The van der Waals surface area contributed by atoms with Crippen LogP contribution in [0.5, 0.6) is 0 Å². The first-order valence-electron chi connectivity index (χ1n) is 9.42. The summed E-state index contributed by atoms with van der Waals surface area (Å²) in [6, 6.07) is 6.34. The molecule has 0 radical (unpaired) electrons. The highest BCUT2D eigenvalue weighted by molar-refractivity contribution is 5.77. The molecule has 1 atom stereocenters. The van der Waals surface area contributed by atoms with Crippen LogP contribution in [0.15, 0.2) is 36.5 Å². The maximum absolute atomic E-state index is 13.3. The zero-order valence-electron chi connectivity index (χ0n) is 15.8. The molecule has 2 aliphatic rings. The largest absolute Gasteiger partial charge is 0.378 e. The molecule has 0 bridgehead atoms. The van der Waals surface area contributed by atoms with Crippen molar-refractivity contribution in [1.29, 1.82) is 0 Å². The number of rotatable bonds is 5. The number of nitrogen functional groups attached to an aromatic ring is 1. The number of hydrogen-bond donors (Lipinski definition) is 2. The molecule has 1 aromatic carbocycles. The second-order valence-electron chi connectivity index (χ2n) is 6.91. The summed E-state index contributed by atoms with van der Waals surface area (Å²) in [6.07, 6.45) is 4.20. The first-order valence-corrected chi connectivity index (χ1v) is 9.42. The lowest BCUT2D eigenvalue weighted by molar-refractivity contribution is -0.141. The highest BCUT2D eigenvalue weighted by Crippen LogP contribution is 2.32. The normalized spacial score (nSPS) is 18.7. The maximum Gasteiger partial charge on any atom is 0.251 e. The second-order valence-corrected chi connectivity index (χ2v) is 6.91. The highest BCUT2D eigenvalue weighted by Gasteiger charge is 2.24. The zero-order chi connectivity index (χ0) is 20.2. The summed E-state index contributed by atoms with van der Waals surface area (Å²) >= 11 is 0. The number of aromatic nitrogens is 2. The number of morpholine rings is 1. The summed E-state index contributed by atoms with van der Waals surface area (Å²) < 4.78 is 18.5. The molecule has 29 heavy (non-hydrogen) atoms. The Morgan fingerprint density at radius 2 is 2.07 bits per heavy atom. The lowest BCUT2D eigenvalue weighted by Gasteiger charge is -2.27. The average Bonchev–Trinajstić information content (AvgIpc) is 2.74. The van der Waals surface area contributed by atoms with Crippen molar-refractivity contribution in [1.82, 2.24) is 20.3 Å². The van der Waals surface area contributed by atoms with Gasteiger partial charge in [-0.25, -0.2) is 14.4 Å². The Morgan fingerprint density at radius 1 is 1.31 bits per heavy atom. The predicted octanol–water partition coefficient (Wildman–Crippen LogP) is 1.26. The average molecular weight is 399 g/mol. The molecule has 1 saturated heterocycles. The highest BCUT2D eigenvalue weighted by atomic mass is 19.1. The van der Waals surface area contributed by atoms with Crippen LogP contribution in [0.2, 0.25) is 0 Å². The smallest absolute Gasteiger partial charge is 0.251 e. The van der Waals surface area contributed by atoms with E-state index in [2.05, 4.69) is 15.4 Å². The van der Waals surface area contributed by atoms with E-state index < -0.39 is 0 Å². The topological polar surface area (TPSA) is 103 Å². The number of allylic oxidation sites excluding steroid dienone is 1. The van der Waals surface area contributed by atoms with Gasteiger partial charge in [0, 0.05) is 37.2 Å². The number of carbonyl (C=O) groups is 1. The van der Waals surface area contributed by atoms with Crippen LogP contribution in [0.4, 0.5) is 10.3 Å². The van der Waals surface area contributed by atoms with Gasteiger partial charge in [0.25, 0.3) is 5.91 Å². The standard InChI is InChI=1S/C20H22FN5O3/c21-15-3-1-13(2-4-15)14-9-17-16(11-23-20(22)24-17)18(10-14)25-29-12-19(27)26-5-7-28-8-6-26/h1-4,10-11,14,25H,5-9,12H2,(H2,22,23,24). The van der Waals surface area contributed by atoms with Crippen molar-refractivity contribution < 1.29 is 18.8 Å². The van der Waals surface area contributed by atoms with Gasteiger partial charge in [0.15, 0.2) is 6.61 Å². The molecular formula is C20H22FN5O3. The van der Waals surface area contributed by atoms with Crippen molar-refractivity contribution in [2.75, 3.05) is 38.6 Å². The van der Waals surface area contributed by atoms with E-state index in [1.54, 1.807) is 23.2 Å². The van der Waals surface area contributed by atoms with E-state index in [1.165, 1.54) is 12.1 Å². The van der Waals surface area contributed by atoms with Gasteiger partial charge in [0.1, 0.15) is 5.82 Å². The molecule has 8 nitrogen and oxygen atoms in total. The van der Waals surface area contributed by atoms with Crippen molar-refractivity contribution in [3.8, 4) is 0 Å². The Labute approximate surface area is 167 Å². The van der Waals surface area contributed by atoms with Crippen LogP contribution in [0.3, 0.4) is 0 Å². The quantitative estimate of drug-likeness (QED) is 0.730. The van der Waals surface area contributed by atoms with Crippen LogP contribution in [0.1, 0.15) is 22.7 Å². The van der Waals surface area contributed by atoms with Gasteiger partial charge in [-0.1, -0.05) is 18.2 Å². The fraction of sp³-hybridized carbons (Fsp3) is 0.350. The van der Waals surface area contributed by atoms with Crippen LogP contribution < -0.4 is 11.2 Å². The molecule has 1 aromatic heterocycles. The second kappa shape index (κ2) is 8.54. The molecule has 4 rings (SSSR count). The van der Waals surface area contributed by atoms with E-state index >= 15 is 0 Å². The summed E-state index contributed by atoms with van der Waals surface area (Å²) in [5, 5.41) is 0. The maximum atomic E-state index is 13.3. The minimum atomic E-state index is -0.288. The monoisotopic (exact) mass is 399 g/mol. The summed E-state index contributed by atoms with van der Waals surface area (Å²) in [5.74, 6) is -0.255. The number of nitrogens with two attached hydrogens (primary N) is 1. The molecular weight excluding hydrogens is 377 g/mol. The third-order valence-electron chi connectivity index (χ3n) is 5.00. The summed E-state index contributed by atoms with van der Waals surface area (Å²) in [5.41, 5.74) is 11.7. The van der Waals surface area contributed by atoms with E-state index in [9.17, 15) is 9.18 Å². The minimum absolute atomic E-state index is 0.0431. The first kappa shape index (κ1) is 19.3. The molecule has 3 N–H and O–H groups in total. The van der Waals surface area contributed by atoms with Crippen molar-refractivity contribution in [2.24, 2.45) is 0 Å². The van der Waals surface area contributed by atoms with Gasteiger partial charge in [-0.3, -0.25) is 15.1 Å². The molecule has 0 saturated carbocycles. The predicted molar refractivity (Wildman–Crippen MR) is 104 cm³/mol. The molecule has 0 spiro atoms. The van der Waals surface area contributed by atoms with Crippen molar-refractivity contribution in [2.45, 2.75) is 12.3 Å². The zero-order valence-corrected chi connectivity index (χ0v) is 15.8. The van der Waals surface area contributed by atoms with Gasteiger partial charge in [-0.05, 0) is 17.7 Å². The van der Waals surface area contributed by atoms with E-state index in [4.69, 9.17) is 15.3 Å². The molecule has 1 fully saturated rings. The molecule has 1 amide bonds. The number of benzene rings is 1. The fourth-order valence-corrected chi connectivity index (χ4v) is 3.46. The van der Waals surface area contributed by atoms with Gasteiger partial charge in [0.2, 0.25) is 5.95 Å². The van der Waals surface area contributed by atoms with Crippen LogP contribution in [-0.2, 0) is 20.8 Å². The number of fused-ring (bicyclic) bond motifs is 1. The SMILES string of the molecule is Nc1ncc2c(n1)CC(c1ccc(F)cc1)C=C2NOCC(=O)N1CCOCC1. The van der Waals surface area contributed by atoms with Crippen molar-refractivity contribution in [3.63, 3.8) is 0 Å². The van der Waals surface area contributed by atoms with Gasteiger partial charge in [-0.15, -0.1) is 0 Å². The Bertz CT molecular complexity index is 913. The number of hydroxylamine groups is 1. The molecule has 152 valence electrons. The van der Waals surface area contributed by atoms with Gasteiger partial charge >= 0.3 is 0 Å². The number of hydrogen-bond acceptors (Lipinski definition) is 7. The van der Waals surface area contributed by atoms with Gasteiger partial charge in [0.05, 0.1) is 24.6 Å². The lowest BCUT2D eigenvalue weighted by atomic mass is 9.87. The third kappa shape index (κ3) is 4.52. The summed E-state index contributed by atoms with van der Waals surface area (Å²) in [6.45, 7) is 2.09. The van der Waals surface area contributed by atoms with E-state index in [0.717, 1.165) is 16.8 Å². The lowest BCUT2D eigenvalue weighted by Crippen LogP contribution is -2.43. The Morgan fingerprint density at radius 3 is 2.83 bits per heavy atom. The van der Waals surface area contributed by atoms with Crippen LogP contribution in [-0.4, -0.2) is 53.7 Å². The van der Waals surface area contributed by atoms with E-state index in [0.29, 0.717) is 38.4 Å². The van der Waals surface area contributed by atoms with Crippen LogP contribution >= 0.6 is 0 Å². The summed E-state index contributed by atoms with van der Waals surface area (Å²) in [4.78, 5) is 27.8. The van der Waals surface area contributed by atoms with E-state index in [1.807, 2.05) is 6.08 Å². The van der Waals surface area contributed by atoms with Crippen LogP contribution in [0, 0.1) is 5.82 Å². The number of anilines is 1. The molecule has 2 heterocycles. The summed E-state index contributed by atoms with van der Waals surface area (Å²) in [7, 11) is 0. The Hall–Kier alpha value is -3.04.